The standard InChI is InChI=1S/C23H24ClNO5/c1-14(2)11-18(21(27)28)25(3)20(26)13-23(15-7-5-4-6-8-15)17-12-16(24)9-10-19(17)30-22(23)29/h4-10,12,14,18H,11,13H2,1-3H3,(H,27,28). The van der Waals surface area contributed by atoms with Crippen molar-refractivity contribution < 1.29 is 24.2 Å². The number of nitrogens with zero attached hydrogens (tertiary/aromatic N) is 1. The van der Waals surface area contributed by atoms with Crippen LogP contribution in [0, 0.1) is 5.92 Å². The third-order valence-corrected chi connectivity index (χ3v) is 5.71. The molecular weight excluding hydrogens is 406 g/mol. The predicted molar refractivity (Wildman–Crippen MR) is 113 cm³/mol. The Kier molecular flexibility index (Phi) is 6.17. The molecule has 1 aliphatic rings. The average Bonchev–Trinajstić information content (AvgIpc) is 2.97. The summed E-state index contributed by atoms with van der Waals surface area (Å²) < 4.78 is 5.50. The largest absolute Gasteiger partial charge is 0.480 e. The molecule has 1 aliphatic heterocycles. The Morgan fingerprint density at radius 3 is 2.43 bits per heavy atom. The van der Waals surface area contributed by atoms with Gasteiger partial charge in [0, 0.05) is 17.6 Å². The molecule has 0 fully saturated rings. The van der Waals surface area contributed by atoms with Crippen LogP contribution in [0.1, 0.15) is 37.8 Å². The van der Waals surface area contributed by atoms with Crippen molar-refractivity contribution in [3.63, 3.8) is 0 Å². The summed E-state index contributed by atoms with van der Waals surface area (Å²) >= 11 is 6.19. The van der Waals surface area contributed by atoms with Gasteiger partial charge in [-0.3, -0.25) is 9.59 Å². The van der Waals surface area contributed by atoms with Crippen LogP contribution in [0.15, 0.2) is 48.5 Å². The number of hydrogen-bond acceptors (Lipinski definition) is 4. The number of benzene rings is 2. The van der Waals surface area contributed by atoms with Gasteiger partial charge in [0.1, 0.15) is 17.2 Å². The number of hydrogen-bond donors (Lipinski definition) is 1. The Labute approximate surface area is 180 Å². The van der Waals surface area contributed by atoms with Crippen molar-refractivity contribution in [3.8, 4) is 5.75 Å². The van der Waals surface area contributed by atoms with E-state index in [4.69, 9.17) is 16.3 Å². The van der Waals surface area contributed by atoms with Crippen molar-refractivity contribution in [1.82, 2.24) is 4.90 Å². The molecule has 0 saturated heterocycles. The highest BCUT2D eigenvalue weighted by atomic mass is 35.5. The molecule has 0 radical (unpaired) electrons. The molecule has 1 heterocycles. The van der Waals surface area contributed by atoms with E-state index in [9.17, 15) is 19.5 Å². The number of aliphatic carboxylic acids is 1. The number of fused-ring (bicyclic) bond motifs is 1. The van der Waals surface area contributed by atoms with Gasteiger partial charge in [0.25, 0.3) is 0 Å². The lowest BCUT2D eigenvalue weighted by atomic mass is 9.72. The lowest BCUT2D eigenvalue weighted by Crippen LogP contribution is -2.47. The molecule has 0 spiro atoms. The Bertz CT molecular complexity index is 975. The van der Waals surface area contributed by atoms with Crippen molar-refractivity contribution in [1.29, 1.82) is 0 Å². The maximum atomic E-state index is 13.3. The fourth-order valence-electron chi connectivity index (χ4n) is 3.88. The van der Waals surface area contributed by atoms with E-state index in [0.717, 1.165) is 0 Å². The first-order valence-corrected chi connectivity index (χ1v) is 10.1. The van der Waals surface area contributed by atoms with E-state index in [1.807, 2.05) is 19.9 Å². The lowest BCUT2D eigenvalue weighted by Gasteiger charge is -2.31. The minimum absolute atomic E-state index is 0.0837. The molecule has 3 rings (SSSR count). The molecule has 0 bridgehead atoms. The summed E-state index contributed by atoms with van der Waals surface area (Å²) in [5.74, 6) is -1.69. The van der Waals surface area contributed by atoms with Crippen LogP contribution in [0.25, 0.3) is 0 Å². The molecule has 1 N–H and O–H groups in total. The van der Waals surface area contributed by atoms with Gasteiger partial charge in [-0.2, -0.15) is 0 Å². The van der Waals surface area contributed by atoms with Gasteiger partial charge in [-0.25, -0.2) is 4.79 Å². The van der Waals surface area contributed by atoms with Crippen LogP contribution in [0.2, 0.25) is 5.02 Å². The van der Waals surface area contributed by atoms with Gasteiger partial charge in [-0.15, -0.1) is 0 Å². The Morgan fingerprint density at radius 1 is 1.17 bits per heavy atom. The Balaban J connectivity index is 2.06. The summed E-state index contributed by atoms with van der Waals surface area (Å²) in [6, 6.07) is 12.7. The topological polar surface area (TPSA) is 83.9 Å². The van der Waals surface area contributed by atoms with E-state index in [1.165, 1.54) is 11.9 Å². The van der Waals surface area contributed by atoms with Gasteiger partial charge in [-0.05, 0) is 36.1 Å². The Hall–Kier alpha value is -2.86. The van der Waals surface area contributed by atoms with Crippen molar-refractivity contribution in [2.75, 3.05) is 7.05 Å². The second-order valence-electron chi connectivity index (χ2n) is 7.97. The van der Waals surface area contributed by atoms with Gasteiger partial charge < -0.3 is 14.7 Å². The number of carbonyl (C=O) groups is 3. The van der Waals surface area contributed by atoms with Crippen LogP contribution in [-0.2, 0) is 19.8 Å². The molecule has 158 valence electrons. The molecule has 0 saturated carbocycles. The highest BCUT2D eigenvalue weighted by molar-refractivity contribution is 6.30. The normalized spacial score (nSPS) is 18.6. The molecule has 0 aliphatic carbocycles. The fraction of sp³-hybridized carbons (Fsp3) is 0.348. The molecule has 30 heavy (non-hydrogen) atoms. The fourth-order valence-corrected chi connectivity index (χ4v) is 4.06. The molecule has 2 aromatic rings. The van der Waals surface area contributed by atoms with Crippen molar-refractivity contribution >= 4 is 29.4 Å². The molecule has 7 heteroatoms. The summed E-state index contributed by atoms with van der Waals surface area (Å²) in [5, 5.41) is 10.0. The summed E-state index contributed by atoms with van der Waals surface area (Å²) in [7, 11) is 1.46. The zero-order valence-corrected chi connectivity index (χ0v) is 17.8. The summed E-state index contributed by atoms with van der Waals surface area (Å²) in [6.45, 7) is 3.79. The van der Waals surface area contributed by atoms with Crippen molar-refractivity contribution in [2.45, 2.75) is 38.1 Å². The summed E-state index contributed by atoms with van der Waals surface area (Å²) in [4.78, 5) is 39.4. The first-order chi connectivity index (χ1) is 14.2. The number of carbonyl (C=O) groups excluding carboxylic acids is 2. The van der Waals surface area contributed by atoms with E-state index < -0.39 is 29.3 Å². The number of carboxylic acid groups (broad SMARTS) is 1. The first kappa shape index (κ1) is 21.8. The van der Waals surface area contributed by atoms with Crippen molar-refractivity contribution in [2.24, 2.45) is 5.92 Å². The number of carboxylic acids is 1. The smallest absolute Gasteiger partial charge is 0.327 e. The molecule has 2 unspecified atom stereocenters. The zero-order valence-electron chi connectivity index (χ0n) is 17.1. The first-order valence-electron chi connectivity index (χ1n) is 9.73. The van der Waals surface area contributed by atoms with Crippen LogP contribution >= 0.6 is 11.6 Å². The van der Waals surface area contributed by atoms with Gasteiger partial charge in [0.15, 0.2) is 0 Å². The second-order valence-corrected chi connectivity index (χ2v) is 8.40. The third kappa shape index (κ3) is 3.92. The van der Waals surface area contributed by atoms with Crippen LogP contribution < -0.4 is 4.74 Å². The van der Waals surface area contributed by atoms with Crippen LogP contribution in [0.5, 0.6) is 5.75 Å². The van der Waals surface area contributed by atoms with Gasteiger partial charge in [0.05, 0.1) is 6.42 Å². The molecule has 1 amide bonds. The summed E-state index contributed by atoms with van der Waals surface area (Å²) in [6.07, 6.45) is 0.0460. The highest BCUT2D eigenvalue weighted by Crippen LogP contribution is 2.48. The number of rotatable bonds is 7. The van der Waals surface area contributed by atoms with Gasteiger partial charge in [0.2, 0.25) is 5.91 Å². The summed E-state index contributed by atoms with van der Waals surface area (Å²) in [5.41, 5.74) is -0.301. The monoisotopic (exact) mass is 429 g/mol. The number of halogens is 1. The molecule has 0 aromatic heterocycles. The lowest BCUT2D eigenvalue weighted by molar-refractivity contribution is -0.151. The zero-order chi connectivity index (χ0) is 22.1. The van der Waals surface area contributed by atoms with Crippen molar-refractivity contribution in [3.05, 3.63) is 64.7 Å². The molecular formula is C23H24ClNO5. The number of amides is 1. The molecule has 2 atom stereocenters. The average molecular weight is 430 g/mol. The van der Waals surface area contributed by atoms with Crippen LogP contribution in [0.4, 0.5) is 0 Å². The highest BCUT2D eigenvalue weighted by Gasteiger charge is 2.52. The molecule has 6 nitrogen and oxygen atoms in total. The van der Waals surface area contributed by atoms with Gasteiger partial charge in [-0.1, -0.05) is 55.8 Å². The van der Waals surface area contributed by atoms with E-state index in [2.05, 4.69) is 0 Å². The SMILES string of the molecule is CC(C)CC(C(=O)O)N(C)C(=O)CC1(c2ccccc2)C(=O)Oc2ccc(Cl)cc21. The van der Waals surface area contributed by atoms with E-state index in [0.29, 0.717) is 28.3 Å². The minimum Gasteiger partial charge on any atom is -0.480 e. The van der Waals surface area contributed by atoms with Gasteiger partial charge >= 0.3 is 11.9 Å². The van der Waals surface area contributed by atoms with E-state index in [-0.39, 0.29) is 12.3 Å². The van der Waals surface area contributed by atoms with Crippen LogP contribution in [0.3, 0.4) is 0 Å². The Morgan fingerprint density at radius 2 is 1.83 bits per heavy atom. The van der Waals surface area contributed by atoms with E-state index in [1.54, 1.807) is 42.5 Å². The quantitative estimate of drug-likeness (QED) is 0.533. The third-order valence-electron chi connectivity index (χ3n) is 5.48. The number of ether oxygens (including phenoxy) is 1. The van der Waals surface area contributed by atoms with Crippen LogP contribution in [-0.4, -0.2) is 40.9 Å². The molecule has 2 aromatic carbocycles. The van der Waals surface area contributed by atoms with E-state index >= 15 is 0 Å². The maximum Gasteiger partial charge on any atom is 0.327 e. The maximum absolute atomic E-state index is 13.3. The predicted octanol–water partition coefficient (Wildman–Crippen LogP) is 3.89. The second kappa shape index (κ2) is 8.48. The number of likely N-dealkylation sites (N-methyl/N-ethyl adjacent to an activating group) is 1. The number of esters is 1. The minimum atomic E-state index is -1.40.